The molecule has 0 aliphatic heterocycles. The lowest BCUT2D eigenvalue weighted by atomic mass is 10.1. The number of imidazole rings is 1. The number of benzene rings is 2. The molecule has 0 radical (unpaired) electrons. The molecule has 6 heteroatoms. The van der Waals surface area contributed by atoms with Crippen molar-refractivity contribution in [2.45, 2.75) is 6.04 Å². The molecular weight excluding hydrogens is 329 g/mol. The van der Waals surface area contributed by atoms with Gasteiger partial charge in [0.2, 0.25) is 0 Å². The van der Waals surface area contributed by atoms with E-state index in [1.165, 1.54) is 18.2 Å². The van der Waals surface area contributed by atoms with E-state index in [0.717, 1.165) is 5.56 Å². The lowest BCUT2D eigenvalue weighted by Gasteiger charge is -2.19. The zero-order valence-electron chi connectivity index (χ0n) is 12.9. The molecule has 122 valence electrons. The molecule has 1 N–H and O–H groups in total. The Hall–Kier alpha value is -2.66. The number of carbonyl (C=O) groups is 1. The predicted molar refractivity (Wildman–Crippen MR) is 90.4 cm³/mol. The summed E-state index contributed by atoms with van der Waals surface area (Å²) in [6.07, 6.45) is 3.44. The second kappa shape index (κ2) is 6.84. The first-order valence-electron chi connectivity index (χ1n) is 7.34. The van der Waals surface area contributed by atoms with Crippen LogP contribution in [0.4, 0.5) is 4.39 Å². The SMILES string of the molecule is Cn1ccnc1C(NC(=O)c1cc(Cl)ccc1F)c1ccccc1. The van der Waals surface area contributed by atoms with E-state index in [9.17, 15) is 9.18 Å². The number of nitrogens with one attached hydrogen (secondary N) is 1. The Morgan fingerprint density at radius 2 is 2.00 bits per heavy atom. The van der Waals surface area contributed by atoms with E-state index in [1.54, 1.807) is 12.4 Å². The van der Waals surface area contributed by atoms with Gasteiger partial charge in [-0.1, -0.05) is 41.9 Å². The van der Waals surface area contributed by atoms with Gasteiger partial charge in [0.25, 0.3) is 5.91 Å². The van der Waals surface area contributed by atoms with Gasteiger partial charge in [0.15, 0.2) is 0 Å². The lowest BCUT2D eigenvalue weighted by Crippen LogP contribution is -2.31. The highest BCUT2D eigenvalue weighted by atomic mass is 35.5. The number of nitrogens with zero attached hydrogens (tertiary/aromatic N) is 2. The molecule has 1 amide bonds. The summed E-state index contributed by atoms with van der Waals surface area (Å²) >= 11 is 5.88. The van der Waals surface area contributed by atoms with Crippen LogP contribution in [0.5, 0.6) is 0 Å². The maximum absolute atomic E-state index is 14.0. The van der Waals surface area contributed by atoms with Gasteiger partial charge < -0.3 is 9.88 Å². The summed E-state index contributed by atoms with van der Waals surface area (Å²) in [7, 11) is 1.84. The number of aryl methyl sites for hydroxylation is 1. The molecule has 0 fully saturated rings. The minimum absolute atomic E-state index is 0.0994. The Labute approximate surface area is 143 Å². The number of halogens is 2. The topological polar surface area (TPSA) is 46.9 Å². The first-order valence-corrected chi connectivity index (χ1v) is 7.72. The summed E-state index contributed by atoms with van der Waals surface area (Å²) in [5.41, 5.74) is 0.750. The average Bonchev–Trinajstić information content (AvgIpc) is 3.01. The van der Waals surface area contributed by atoms with E-state index in [-0.39, 0.29) is 5.56 Å². The number of carbonyl (C=O) groups excluding carboxylic acids is 1. The number of hydrogen-bond donors (Lipinski definition) is 1. The third-order valence-electron chi connectivity index (χ3n) is 3.70. The van der Waals surface area contributed by atoms with Gasteiger partial charge in [0.05, 0.1) is 5.56 Å². The van der Waals surface area contributed by atoms with E-state index in [1.807, 2.05) is 41.9 Å². The van der Waals surface area contributed by atoms with Crippen molar-refractivity contribution in [2.24, 2.45) is 7.05 Å². The largest absolute Gasteiger partial charge is 0.338 e. The molecule has 3 aromatic rings. The molecule has 0 bridgehead atoms. The fourth-order valence-electron chi connectivity index (χ4n) is 2.48. The van der Waals surface area contributed by atoms with Crippen LogP contribution >= 0.6 is 11.6 Å². The third-order valence-corrected chi connectivity index (χ3v) is 3.93. The van der Waals surface area contributed by atoms with E-state index in [2.05, 4.69) is 10.3 Å². The summed E-state index contributed by atoms with van der Waals surface area (Å²) < 4.78 is 15.8. The van der Waals surface area contributed by atoms with Crippen molar-refractivity contribution in [3.8, 4) is 0 Å². The monoisotopic (exact) mass is 343 g/mol. The Kier molecular flexibility index (Phi) is 4.62. The van der Waals surface area contributed by atoms with Gasteiger partial charge in [0.1, 0.15) is 17.7 Å². The van der Waals surface area contributed by atoms with Crippen LogP contribution in [0.3, 0.4) is 0 Å². The van der Waals surface area contributed by atoms with Crippen molar-refractivity contribution in [1.82, 2.24) is 14.9 Å². The number of amides is 1. The van der Waals surface area contributed by atoms with Gasteiger partial charge in [-0.05, 0) is 23.8 Å². The van der Waals surface area contributed by atoms with E-state index in [0.29, 0.717) is 10.8 Å². The summed E-state index contributed by atoms with van der Waals surface area (Å²) in [5, 5.41) is 3.14. The van der Waals surface area contributed by atoms with Crippen LogP contribution in [0.15, 0.2) is 60.9 Å². The predicted octanol–water partition coefficient (Wildman–Crippen LogP) is 3.73. The van der Waals surface area contributed by atoms with Crippen LogP contribution in [0, 0.1) is 5.82 Å². The molecule has 1 unspecified atom stereocenters. The molecule has 24 heavy (non-hydrogen) atoms. The third kappa shape index (κ3) is 3.31. The maximum atomic E-state index is 14.0. The van der Waals surface area contributed by atoms with Crippen LogP contribution in [-0.2, 0) is 7.05 Å². The zero-order chi connectivity index (χ0) is 17.1. The molecule has 1 atom stereocenters. The highest BCUT2D eigenvalue weighted by Crippen LogP contribution is 2.22. The van der Waals surface area contributed by atoms with Gasteiger partial charge in [-0.15, -0.1) is 0 Å². The molecule has 1 heterocycles. The molecular formula is C18H15ClFN3O. The van der Waals surface area contributed by atoms with Crippen LogP contribution in [0.25, 0.3) is 0 Å². The van der Waals surface area contributed by atoms with Crippen LogP contribution < -0.4 is 5.32 Å². The van der Waals surface area contributed by atoms with Gasteiger partial charge >= 0.3 is 0 Å². The van der Waals surface area contributed by atoms with Crippen molar-refractivity contribution in [2.75, 3.05) is 0 Å². The van der Waals surface area contributed by atoms with E-state index < -0.39 is 17.8 Å². The van der Waals surface area contributed by atoms with Crippen molar-refractivity contribution < 1.29 is 9.18 Å². The highest BCUT2D eigenvalue weighted by molar-refractivity contribution is 6.31. The molecule has 0 aliphatic carbocycles. The quantitative estimate of drug-likeness (QED) is 0.784. The summed E-state index contributed by atoms with van der Waals surface area (Å²) in [6, 6.07) is 12.8. The first-order chi connectivity index (χ1) is 11.6. The number of aromatic nitrogens is 2. The van der Waals surface area contributed by atoms with E-state index in [4.69, 9.17) is 11.6 Å². The van der Waals surface area contributed by atoms with Gasteiger partial charge in [0, 0.05) is 24.5 Å². The van der Waals surface area contributed by atoms with Gasteiger partial charge in [-0.3, -0.25) is 4.79 Å². The molecule has 1 aromatic heterocycles. The summed E-state index contributed by atoms with van der Waals surface area (Å²) in [5.74, 6) is -0.521. The number of hydrogen-bond acceptors (Lipinski definition) is 2. The normalized spacial score (nSPS) is 12.0. The molecule has 3 rings (SSSR count). The lowest BCUT2D eigenvalue weighted by molar-refractivity contribution is 0.0937. The fourth-order valence-corrected chi connectivity index (χ4v) is 2.65. The number of rotatable bonds is 4. The molecule has 0 saturated carbocycles. The average molecular weight is 344 g/mol. The smallest absolute Gasteiger partial charge is 0.255 e. The molecule has 0 aliphatic rings. The van der Waals surface area contributed by atoms with Crippen molar-refractivity contribution >= 4 is 17.5 Å². The highest BCUT2D eigenvalue weighted by Gasteiger charge is 2.22. The zero-order valence-corrected chi connectivity index (χ0v) is 13.7. The summed E-state index contributed by atoms with van der Waals surface area (Å²) in [6.45, 7) is 0. The molecule has 4 nitrogen and oxygen atoms in total. The van der Waals surface area contributed by atoms with Crippen LogP contribution in [0.2, 0.25) is 5.02 Å². The van der Waals surface area contributed by atoms with Gasteiger partial charge in [-0.25, -0.2) is 9.37 Å². The molecule has 2 aromatic carbocycles. The van der Waals surface area contributed by atoms with Crippen molar-refractivity contribution in [3.05, 3.63) is 88.7 Å². The second-order valence-electron chi connectivity index (χ2n) is 5.34. The van der Waals surface area contributed by atoms with E-state index >= 15 is 0 Å². The minimum atomic E-state index is -0.622. The van der Waals surface area contributed by atoms with Crippen molar-refractivity contribution in [1.29, 1.82) is 0 Å². The molecule has 0 saturated heterocycles. The maximum Gasteiger partial charge on any atom is 0.255 e. The molecule has 0 spiro atoms. The Morgan fingerprint density at radius 3 is 2.67 bits per heavy atom. The van der Waals surface area contributed by atoms with Crippen LogP contribution in [-0.4, -0.2) is 15.5 Å². The standard InChI is InChI=1S/C18H15ClFN3O/c1-23-10-9-21-17(23)16(12-5-3-2-4-6-12)22-18(24)14-11-13(19)7-8-15(14)20/h2-11,16H,1H3,(H,22,24). The fraction of sp³-hybridized carbons (Fsp3) is 0.111. The Morgan fingerprint density at radius 1 is 1.25 bits per heavy atom. The minimum Gasteiger partial charge on any atom is -0.338 e. The van der Waals surface area contributed by atoms with Crippen molar-refractivity contribution in [3.63, 3.8) is 0 Å². The Bertz CT molecular complexity index is 864. The second-order valence-corrected chi connectivity index (χ2v) is 5.77. The van der Waals surface area contributed by atoms with Crippen LogP contribution in [0.1, 0.15) is 27.8 Å². The first kappa shape index (κ1) is 16.2. The summed E-state index contributed by atoms with van der Waals surface area (Å²) in [4.78, 5) is 16.9. The van der Waals surface area contributed by atoms with Gasteiger partial charge in [-0.2, -0.15) is 0 Å². The Balaban J connectivity index is 1.97.